The summed E-state index contributed by atoms with van der Waals surface area (Å²) in [6, 6.07) is 9.06. The molecular weight excluding hydrogens is 476 g/mol. The predicted molar refractivity (Wildman–Crippen MR) is 138 cm³/mol. The van der Waals surface area contributed by atoms with E-state index < -0.39 is 17.7 Å². The molecule has 0 aliphatic heterocycles. The summed E-state index contributed by atoms with van der Waals surface area (Å²) >= 11 is 0. The second kappa shape index (κ2) is 11.5. The summed E-state index contributed by atoms with van der Waals surface area (Å²) < 4.78 is 41.8. The quantitative estimate of drug-likeness (QED) is 0.376. The Labute approximate surface area is 216 Å². The van der Waals surface area contributed by atoms with E-state index in [0.717, 1.165) is 69.9 Å². The van der Waals surface area contributed by atoms with Crippen molar-refractivity contribution in [1.82, 2.24) is 14.9 Å². The third-order valence-electron chi connectivity index (χ3n) is 7.81. The number of halogens is 2. The molecule has 1 heterocycles. The number of hydrogen-bond donors (Lipinski definition) is 1. The fraction of sp³-hybridized carbons (Fsp3) is 0.517. The molecule has 2 aromatic carbocycles. The van der Waals surface area contributed by atoms with Crippen molar-refractivity contribution in [2.75, 3.05) is 7.11 Å². The van der Waals surface area contributed by atoms with Gasteiger partial charge in [-0.25, -0.2) is 13.8 Å². The minimum absolute atomic E-state index is 0.0466. The van der Waals surface area contributed by atoms with Crippen molar-refractivity contribution in [2.24, 2.45) is 5.92 Å². The molecule has 2 saturated carbocycles. The lowest BCUT2D eigenvalue weighted by atomic mass is 9.83. The molecule has 1 atom stereocenters. The maximum atomic E-state index is 14.5. The Bertz CT molecular complexity index is 1230. The van der Waals surface area contributed by atoms with Gasteiger partial charge in [-0.05, 0) is 43.7 Å². The first-order valence-corrected chi connectivity index (χ1v) is 13.5. The van der Waals surface area contributed by atoms with Crippen LogP contribution in [0.4, 0.5) is 8.78 Å². The molecule has 1 N–H and O–H groups in total. The summed E-state index contributed by atoms with van der Waals surface area (Å²) in [4.78, 5) is 18.6. The molecule has 3 aromatic rings. The van der Waals surface area contributed by atoms with Crippen LogP contribution < -0.4 is 14.8 Å². The standard InChI is InChI=1S/C29H35F2N3O3/c1-36-21-13-8-14-22(15-21)37-18-27-33-25-16-23(30)24(31)17-26(25)34(27)28(19-9-4-2-5-10-19)29(35)32-20-11-6-3-7-12-20/h8,13-17,19-20,28H,2-7,9-12,18H2,1H3,(H,32,35). The molecule has 2 aliphatic rings. The fourth-order valence-electron chi connectivity index (χ4n) is 5.92. The van der Waals surface area contributed by atoms with Gasteiger partial charge in [0.05, 0.1) is 18.1 Å². The van der Waals surface area contributed by atoms with Crippen molar-refractivity contribution >= 4 is 16.9 Å². The van der Waals surface area contributed by atoms with Crippen molar-refractivity contribution in [2.45, 2.75) is 82.9 Å². The van der Waals surface area contributed by atoms with Gasteiger partial charge >= 0.3 is 0 Å². The highest BCUT2D eigenvalue weighted by Gasteiger charge is 2.35. The highest BCUT2D eigenvalue weighted by Crippen LogP contribution is 2.37. The molecule has 0 bridgehead atoms. The Morgan fingerprint density at radius 3 is 2.41 bits per heavy atom. The van der Waals surface area contributed by atoms with Crippen LogP contribution in [0.15, 0.2) is 36.4 Å². The number of imidazole rings is 1. The summed E-state index contributed by atoms with van der Waals surface area (Å²) in [5, 5.41) is 3.30. The Kier molecular flexibility index (Phi) is 7.91. The highest BCUT2D eigenvalue weighted by molar-refractivity contribution is 5.85. The normalized spacial score (nSPS) is 18.0. The van der Waals surface area contributed by atoms with Crippen molar-refractivity contribution in [3.8, 4) is 11.5 Å². The molecule has 0 saturated heterocycles. The molecule has 2 fully saturated rings. The van der Waals surface area contributed by atoms with Crippen molar-refractivity contribution in [3.05, 3.63) is 53.9 Å². The lowest BCUT2D eigenvalue weighted by Gasteiger charge is -2.33. The lowest BCUT2D eigenvalue weighted by Crippen LogP contribution is -2.44. The lowest BCUT2D eigenvalue weighted by molar-refractivity contribution is -0.127. The number of nitrogens with zero attached hydrogens (tertiary/aromatic N) is 2. The summed E-state index contributed by atoms with van der Waals surface area (Å²) in [5.41, 5.74) is 0.729. The van der Waals surface area contributed by atoms with Gasteiger partial charge in [-0.1, -0.05) is 44.6 Å². The monoisotopic (exact) mass is 511 g/mol. The number of benzene rings is 2. The number of hydrogen-bond acceptors (Lipinski definition) is 4. The average molecular weight is 512 g/mol. The largest absolute Gasteiger partial charge is 0.497 e. The molecule has 0 radical (unpaired) electrons. The second-order valence-electron chi connectivity index (χ2n) is 10.3. The van der Waals surface area contributed by atoms with E-state index in [2.05, 4.69) is 10.3 Å². The molecule has 0 spiro atoms. The van der Waals surface area contributed by atoms with E-state index in [-0.39, 0.29) is 24.5 Å². The third-order valence-corrected chi connectivity index (χ3v) is 7.81. The number of ether oxygens (including phenoxy) is 2. The molecular formula is C29H35F2N3O3. The minimum Gasteiger partial charge on any atom is -0.497 e. The molecule has 8 heteroatoms. The number of aromatic nitrogens is 2. The zero-order valence-corrected chi connectivity index (χ0v) is 21.3. The number of nitrogens with one attached hydrogen (secondary N) is 1. The topological polar surface area (TPSA) is 65.4 Å². The number of rotatable bonds is 8. The van der Waals surface area contributed by atoms with E-state index in [4.69, 9.17) is 9.47 Å². The van der Waals surface area contributed by atoms with Crippen LogP contribution in [0.25, 0.3) is 11.0 Å². The van der Waals surface area contributed by atoms with Crippen molar-refractivity contribution in [1.29, 1.82) is 0 Å². The van der Waals surface area contributed by atoms with E-state index in [1.165, 1.54) is 6.42 Å². The Morgan fingerprint density at radius 2 is 1.68 bits per heavy atom. The summed E-state index contributed by atoms with van der Waals surface area (Å²) in [7, 11) is 1.58. The molecule has 198 valence electrons. The number of amides is 1. The van der Waals surface area contributed by atoms with Crippen LogP contribution in [-0.4, -0.2) is 28.6 Å². The van der Waals surface area contributed by atoms with E-state index in [1.54, 1.807) is 13.2 Å². The van der Waals surface area contributed by atoms with Gasteiger partial charge in [0.2, 0.25) is 5.91 Å². The molecule has 6 nitrogen and oxygen atoms in total. The van der Waals surface area contributed by atoms with Crippen LogP contribution in [-0.2, 0) is 11.4 Å². The van der Waals surface area contributed by atoms with Crippen LogP contribution in [0, 0.1) is 17.6 Å². The first-order chi connectivity index (χ1) is 18.0. The van der Waals surface area contributed by atoms with Crippen molar-refractivity contribution < 1.29 is 23.0 Å². The van der Waals surface area contributed by atoms with Gasteiger partial charge in [0.1, 0.15) is 30.0 Å². The zero-order valence-electron chi connectivity index (χ0n) is 21.3. The highest BCUT2D eigenvalue weighted by atomic mass is 19.2. The fourth-order valence-corrected chi connectivity index (χ4v) is 5.92. The Morgan fingerprint density at radius 1 is 1.00 bits per heavy atom. The molecule has 37 heavy (non-hydrogen) atoms. The second-order valence-corrected chi connectivity index (χ2v) is 10.3. The van der Waals surface area contributed by atoms with Crippen LogP contribution >= 0.6 is 0 Å². The summed E-state index contributed by atoms with van der Waals surface area (Å²) in [6.07, 6.45) is 10.4. The first kappa shape index (κ1) is 25.5. The molecule has 2 aliphatic carbocycles. The molecule has 1 aromatic heterocycles. The van der Waals surface area contributed by atoms with E-state index in [0.29, 0.717) is 28.4 Å². The van der Waals surface area contributed by atoms with Gasteiger partial charge in [0.25, 0.3) is 0 Å². The number of carbonyl (C=O) groups excluding carboxylic acids is 1. The zero-order chi connectivity index (χ0) is 25.8. The minimum atomic E-state index is -0.960. The summed E-state index contributed by atoms with van der Waals surface area (Å²) in [5.74, 6) is -0.193. The van der Waals surface area contributed by atoms with Gasteiger partial charge in [0.15, 0.2) is 11.6 Å². The van der Waals surface area contributed by atoms with Crippen LogP contribution in [0.3, 0.4) is 0 Å². The van der Waals surface area contributed by atoms with E-state index in [9.17, 15) is 13.6 Å². The molecule has 1 amide bonds. The van der Waals surface area contributed by atoms with E-state index in [1.807, 2.05) is 22.8 Å². The Hall–Kier alpha value is -3.16. The smallest absolute Gasteiger partial charge is 0.243 e. The van der Waals surface area contributed by atoms with E-state index >= 15 is 0 Å². The molecule has 5 rings (SSSR count). The van der Waals surface area contributed by atoms with Gasteiger partial charge in [-0.15, -0.1) is 0 Å². The predicted octanol–water partition coefficient (Wildman–Crippen LogP) is 6.47. The van der Waals surface area contributed by atoms with Gasteiger partial charge < -0.3 is 19.4 Å². The van der Waals surface area contributed by atoms with Crippen LogP contribution in [0.1, 0.15) is 76.1 Å². The molecule has 1 unspecified atom stereocenters. The number of fused-ring (bicyclic) bond motifs is 1. The number of methoxy groups -OCH3 is 1. The maximum Gasteiger partial charge on any atom is 0.243 e. The Balaban J connectivity index is 1.54. The number of carbonyl (C=O) groups is 1. The van der Waals surface area contributed by atoms with Gasteiger partial charge in [-0.3, -0.25) is 4.79 Å². The van der Waals surface area contributed by atoms with Crippen LogP contribution in [0.5, 0.6) is 11.5 Å². The van der Waals surface area contributed by atoms with Crippen LogP contribution in [0.2, 0.25) is 0 Å². The van der Waals surface area contributed by atoms with Gasteiger partial charge in [-0.2, -0.15) is 0 Å². The SMILES string of the molecule is COc1cccc(OCc2nc3cc(F)c(F)cc3n2C(C(=O)NC2CCCCC2)C2CCCCC2)c1. The third kappa shape index (κ3) is 5.73. The summed E-state index contributed by atoms with van der Waals surface area (Å²) in [6.45, 7) is 0.0466. The van der Waals surface area contributed by atoms with Crippen molar-refractivity contribution in [3.63, 3.8) is 0 Å². The first-order valence-electron chi connectivity index (χ1n) is 13.5. The maximum absolute atomic E-state index is 14.5. The average Bonchev–Trinajstić information content (AvgIpc) is 3.25. The van der Waals surface area contributed by atoms with Gasteiger partial charge in [0, 0.05) is 24.2 Å².